The van der Waals surface area contributed by atoms with Crippen LogP contribution in [0.2, 0.25) is 0 Å². The second-order valence-corrected chi connectivity index (χ2v) is 3.37. The number of hydrogen-bond acceptors (Lipinski definition) is 3. The number of aromatic carboxylic acids is 1. The molecule has 0 bridgehead atoms. The summed E-state index contributed by atoms with van der Waals surface area (Å²) >= 11 is 0.0638. The van der Waals surface area contributed by atoms with Crippen LogP contribution in [0.1, 0.15) is 15.4 Å². The Hall–Kier alpha value is -1.31. The van der Waals surface area contributed by atoms with Gasteiger partial charge in [0, 0.05) is 7.05 Å². The summed E-state index contributed by atoms with van der Waals surface area (Å²) in [4.78, 5) is 19.3. The maximum Gasteiger partial charge on any atom is 0.433 e. The smallest absolute Gasteiger partial charge is 0.433 e. The molecule has 0 fully saturated rings. The molecule has 0 aliphatic heterocycles. The molecule has 0 atom stereocenters. The van der Waals surface area contributed by atoms with Gasteiger partial charge in [0.05, 0.1) is 0 Å². The quantitative estimate of drug-likeness (QED) is 0.783. The number of hydrogen-bond donors (Lipinski definition) is 1. The minimum absolute atomic E-state index is 0.0638. The Kier molecular flexibility index (Phi) is 2.40. The van der Waals surface area contributed by atoms with Gasteiger partial charge < -0.3 is 5.11 Å². The molecule has 0 radical (unpaired) electrons. The van der Waals surface area contributed by atoms with E-state index in [1.54, 1.807) is 0 Å². The van der Waals surface area contributed by atoms with Gasteiger partial charge in [-0.05, 0) is 0 Å². The lowest BCUT2D eigenvalue weighted by atomic mass is 10.3. The van der Waals surface area contributed by atoms with E-state index in [-0.39, 0.29) is 15.9 Å². The van der Waals surface area contributed by atoms with Crippen molar-refractivity contribution >= 4 is 17.3 Å². The summed E-state index contributed by atoms with van der Waals surface area (Å²) in [7, 11) is 0.883. The van der Waals surface area contributed by atoms with Crippen LogP contribution in [0.5, 0.6) is 0 Å². The fraction of sp³-hybridized carbons (Fsp3) is 0.333. The molecule has 1 rings (SSSR count). The van der Waals surface area contributed by atoms with E-state index >= 15 is 0 Å². The van der Waals surface area contributed by atoms with Crippen molar-refractivity contribution in [2.24, 2.45) is 7.05 Å². The van der Waals surface area contributed by atoms with Crippen molar-refractivity contribution in [3.05, 3.63) is 20.2 Å². The van der Waals surface area contributed by atoms with Crippen molar-refractivity contribution in [2.75, 3.05) is 0 Å². The van der Waals surface area contributed by atoms with Gasteiger partial charge in [0.2, 0.25) is 0 Å². The van der Waals surface area contributed by atoms with Crippen LogP contribution in [0.15, 0.2) is 4.79 Å². The molecule has 0 saturated carbocycles. The van der Waals surface area contributed by atoms with Gasteiger partial charge in [-0.3, -0.25) is 9.36 Å². The number of alkyl halides is 3. The lowest BCUT2D eigenvalue weighted by Crippen LogP contribution is -2.19. The first-order valence-corrected chi connectivity index (χ1v) is 4.07. The normalized spacial score (nSPS) is 11.7. The number of carboxylic acids is 1. The zero-order valence-electron chi connectivity index (χ0n) is 6.75. The standard InChI is InChI=1S/C6H4F3NO3S/c1-10-3(6(7,8)9)2(4(11)12)14-5(10)13/h1H3,(H,11,12). The summed E-state index contributed by atoms with van der Waals surface area (Å²) in [5.74, 6) is -1.75. The van der Waals surface area contributed by atoms with E-state index in [0.29, 0.717) is 0 Å². The molecule has 1 aromatic rings. The van der Waals surface area contributed by atoms with Crippen molar-refractivity contribution < 1.29 is 23.1 Å². The molecule has 0 saturated heterocycles. The highest BCUT2D eigenvalue weighted by Crippen LogP contribution is 2.32. The van der Waals surface area contributed by atoms with Crippen molar-refractivity contribution in [3.63, 3.8) is 0 Å². The number of nitrogens with zero attached hydrogens (tertiary/aromatic N) is 1. The predicted octanol–water partition coefficient (Wildman–Crippen LogP) is 1.16. The average molecular weight is 227 g/mol. The second-order valence-electron chi connectivity index (χ2n) is 2.41. The summed E-state index contributed by atoms with van der Waals surface area (Å²) < 4.78 is 37.1. The molecule has 8 heteroatoms. The number of halogens is 3. The summed E-state index contributed by atoms with van der Waals surface area (Å²) in [6.07, 6.45) is -4.83. The predicted molar refractivity (Wildman–Crippen MR) is 41.5 cm³/mol. The van der Waals surface area contributed by atoms with Gasteiger partial charge in [0.25, 0.3) is 0 Å². The Morgan fingerprint density at radius 3 is 2.29 bits per heavy atom. The zero-order valence-corrected chi connectivity index (χ0v) is 7.57. The first-order chi connectivity index (χ1) is 6.25. The lowest BCUT2D eigenvalue weighted by Gasteiger charge is -2.07. The lowest BCUT2D eigenvalue weighted by molar-refractivity contribution is -0.143. The van der Waals surface area contributed by atoms with Gasteiger partial charge in [0.15, 0.2) is 5.69 Å². The molecule has 4 nitrogen and oxygen atoms in total. The maximum absolute atomic E-state index is 12.3. The largest absolute Gasteiger partial charge is 0.477 e. The van der Waals surface area contributed by atoms with Crippen LogP contribution in [-0.4, -0.2) is 15.6 Å². The average Bonchev–Trinajstić information content (AvgIpc) is 2.27. The van der Waals surface area contributed by atoms with Gasteiger partial charge >= 0.3 is 17.0 Å². The summed E-state index contributed by atoms with van der Waals surface area (Å²) in [6, 6.07) is 0. The Balaban J connectivity index is 3.54. The topological polar surface area (TPSA) is 59.3 Å². The van der Waals surface area contributed by atoms with E-state index in [2.05, 4.69) is 0 Å². The summed E-state index contributed by atoms with van der Waals surface area (Å²) in [5, 5.41) is 8.42. The number of rotatable bonds is 1. The molecule has 78 valence electrons. The molecule has 1 N–H and O–H groups in total. The van der Waals surface area contributed by atoms with Crippen LogP contribution in [-0.2, 0) is 13.2 Å². The third kappa shape index (κ3) is 1.65. The monoisotopic (exact) mass is 227 g/mol. The van der Waals surface area contributed by atoms with E-state index in [1.807, 2.05) is 0 Å². The SMILES string of the molecule is Cn1c(C(F)(F)F)c(C(=O)O)sc1=O. The van der Waals surface area contributed by atoms with Gasteiger partial charge in [-0.1, -0.05) is 11.3 Å². The van der Waals surface area contributed by atoms with Gasteiger partial charge in [-0.15, -0.1) is 0 Å². The molecule has 1 aromatic heterocycles. The summed E-state index contributed by atoms with van der Waals surface area (Å²) in [6.45, 7) is 0. The van der Waals surface area contributed by atoms with E-state index in [4.69, 9.17) is 5.11 Å². The number of thiazole rings is 1. The molecule has 0 aliphatic rings. The minimum Gasteiger partial charge on any atom is -0.477 e. The molecule has 0 spiro atoms. The highest BCUT2D eigenvalue weighted by Gasteiger charge is 2.40. The third-order valence-corrected chi connectivity index (χ3v) is 2.50. The molecular formula is C6H4F3NO3S. The second kappa shape index (κ2) is 3.12. The molecule has 0 amide bonds. The van der Waals surface area contributed by atoms with Crippen molar-refractivity contribution in [1.29, 1.82) is 0 Å². The van der Waals surface area contributed by atoms with Crippen molar-refractivity contribution in [1.82, 2.24) is 4.57 Å². The van der Waals surface area contributed by atoms with Crippen LogP contribution >= 0.6 is 11.3 Å². The van der Waals surface area contributed by atoms with E-state index < -0.39 is 27.6 Å². The van der Waals surface area contributed by atoms with Crippen molar-refractivity contribution in [3.8, 4) is 0 Å². The molecule has 0 aromatic carbocycles. The molecule has 0 unspecified atom stereocenters. The molecule has 0 aliphatic carbocycles. The fourth-order valence-corrected chi connectivity index (χ4v) is 1.75. The van der Waals surface area contributed by atoms with Crippen LogP contribution in [0, 0.1) is 0 Å². The van der Waals surface area contributed by atoms with Gasteiger partial charge in [-0.2, -0.15) is 13.2 Å². The van der Waals surface area contributed by atoms with Crippen LogP contribution < -0.4 is 4.87 Å². The van der Waals surface area contributed by atoms with E-state index in [0.717, 1.165) is 7.05 Å². The Bertz CT molecular complexity index is 431. The Morgan fingerprint density at radius 2 is 2.00 bits per heavy atom. The minimum atomic E-state index is -4.83. The van der Waals surface area contributed by atoms with Crippen LogP contribution in [0.25, 0.3) is 0 Å². The zero-order chi connectivity index (χ0) is 11.1. The first kappa shape index (κ1) is 10.8. The highest BCUT2D eigenvalue weighted by atomic mass is 32.1. The molecular weight excluding hydrogens is 223 g/mol. The van der Waals surface area contributed by atoms with Crippen LogP contribution in [0.4, 0.5) is 13.2 Å². The highest BCUT2D eigenvalue weighted by molar-refractivity contribution is 7.11. The Labute approximate surface area is 79.2 Å². The molecule has 14 heavy (non-hydrogen) atoms. The van der Waals surface area contributed by atoms with E-state index in [1.165, 1.54) is 0 Å². The Morgan fingerprint density at radius 1 is 1.50 bits per heavy atom. The number of carboxylic acid groups (broad SMARTS) is 1. The fourth-order valence-electron chi connectivity index (χ4n) is 0.912. The summed E-state index contributed by atoms with van der Waals surface area (Å²) in [5.41, 5.74) is -1.42. The van der Waals surface area contributed by atoms with Gasteiger partial charge in [-0.25, -0.2) is 4.79 Å². The number of carbonyl (C=O) groups is 1. The maximum atomic E-state index is 12.3. The van der Waals surface area contributed by atoms with Crippen molar-refractivity contribution in [2.45, 2.75) is 6.18 Å². The first-order valence-electron chi connectivity index (χ1n) is 3.25. The van der Waals surface area contributed by atoms with Crippen LogP contribution in [0.3, 0.4) is 0 Å². The third-order valence-electron chi connectivity index (χ3n) is 1.48. The van der Waals surface area contributed by atoms with E-state index in [9.17, 15) is 22.8 Å². The van der Waals surface area contributed by atoms with Gasteiger partial charge in [0.1, 0.15) is 4.88 Å². The number of aromatic nitrogens is 1. The molecule has 1 heterocycles.